The Morgan fingerprint density at radius 3 is 3.10 bits per heavy atom. The van der Waals surface area contributed by atoms with Crippen LogP contribution in [0.1, 0.15) is 36.0 Å². The Morgan fingerprint density at radius 1 is 1.43 bits per heavy atom. The van der Waals surface area contributed by atoms with Crippen molar-refractivity contribution < 1.29 is 9.53 Å². The van der Waals surface area contributed by atoms with Gasteiger partial charge < -0.3 is 15.8 Å². The lowest BCUT2D eigenvalue weighted by Crippen LogP contribution is -2.42. The van der Waals surface area contributed by atoms with Gasteiger partial charge in [-0.3, -0.25) is 4.90 Å². The number of nitrogens with two attached hydrogens (primary N) is 1. The van der Waals surface area contributed by atoms with E-state index in [1.807, 2.05) is 0 Å². The molecule has 2 aliphatic heterocycles. The van der Waals surface area contributed by atoms with Crippen LogP contribution in [0.5, 0.6) is 0 Å². The first kappa shape index (κ1) is 14.1. The normalized spacial score (nSPS) is 25.4. The highest BCUT2D eigenvalue weighted by atomic mass is 16.5. The van der Waals surface area contributed by atoms with Crippen LogP contribution in [-0.2, 0) is 4.74 Å². The lowest BCUT2D eigenvalue weighted by Gasteiger charge is -2.32. The monoisotopic (exact) mass is 290 g/mol. The fourth-order valence-corrected chi connectivity index (χ4v) is 3.47. The molecular weight excluding hydrogens is 268 g/mol. The van der Waals surface area contributed by atoms with Crippen LogP contribution in [0.3, 0.4) is 0 Å². The van der Waals surface area contributed by atoms with Crippen LogP contribution in [0.15, 0.2) is 12.3 Å². The SMILES string of the molecule is COC(=O)c1ccnc(NC2CCN3CCCCC23)c1N. The van der Waals surface area contributed by atoms with Gasteiger partial charge in [0.25, 0.3) is 0 Å². The van der Waals surface area contributed by atoms with E-state index in [4.69, 9.17) is 10.5 Å². The van der Waals surface area contributed by atoms with E-state index in [2.05, 4.69) is 15.2 Å². The highest BCUT2D eigenvalue weighted by Crippen LogP contribution is 2.30. The Kier molecular flexibility index (Phi) is 3.96. The summed E-state index contributed by atoms with van der Waals surface area (Å²) in [6.45, 7) is 2.31. The molecule has 0 amide bonds. The van der Waals surface area contributed by atoms with E-state index in [1.54, 1.807) is 12.3 Å². The van der Waals surface area contributed by atoms with Crippen LogP contribution in [0, 0.1) is 0 Å². The number of anilines is 2. The molecule has 3 N–H and O–H groups in total. The molecule has 0 radical (unpaired) electrons. The minimum Gasteiger partial charge on any atom is -0.465 e. The molecule has 1 aromatic rings. The fourth-order valence-electron chi connectivity index (χ4n) is 3.47. The summed E-state index contributed by atoms with van der Waals surface area (Å²) in [4.78, 5) is 18.5. The Morgan fingerprint density at radius 2 is 2.29 bits per heavy atom. The summed E-state index contributed by atoms with van der Waals surface area (Å²) in [7, 11) is 1.35. The van der Waals surface area contributed by atoms with Crippen LogP contribution in [0.25, 0.3) is 0 Å². The number of hydrogen-bond donors (Lipinski definition) is 2. The number of ether oxygens (including phenoxy) is 1. The first-order valence-corrected chi connectivity index (χ1v) is 7.54. The van der Waals surface area contributed by atoms with Gasteiger partial charge in [0.1, 0.15) is 5.82 Å². The number of carbonyl (C=O) groups is 1. The third-order valence-electron chi connectivity index (χ3n) is 4.57. The molecule has 0 spiro atoms. The lowest BCUT2D eigenvalue weighted by atomic mass is 9.99. The van der Waals surface area contributed by atoms with E-state index in [9.17, 15) is 4.79 Å². The Balaban J connectivity index is 1.77. The molecule has 114 valence electrons. The maximum Gasteiger partial charge on any atom is 0.340 e. The van der Waals surface area contributed by atoms with Crippen molar-refractivity contribution in [3.05, 3.63) is 17.8 Å². The van der Waals surface area contributed by atoms with Gasteiger partial charge in [0.15, 0.2) is 0 Å². The summed E-state index contributed by atoms with van der Waals surface area (Å²) in [6, 6.07) is 2.50. The minimum atomic E-state index is -0.427. The number of rotatable bonds is 3. The van der Waals surface area contributed by atoms with Gasteiger partial charge >= 0.3 is 5.97 Å². The van der Waals surface area contributed by atoms with Crippen molar-refractivity contribution in [3.63, 3.8) is 0 Å². The number of nitrogen functional groups attached to an aromatic ring is 1. The van der Waals surface area contributed by atoms with Crippen LogP contribution in [-0.4, -0.2) is 48.1 Å². The predicted octanol–water partition coefficient (Wildman–Crippen LogP) is 1.49. The molecule has 2 aliphatic rings. The molecule has 0 saturated carbocycles. The number of carbonyl (C=O) groups excluding carboxylic acids is 1. The molecular formula is C15H22N4O2. The molecule has 6 heteroatoms. The predicted molar refractivity (Wildman–Crippen MR) is 81.2 cm³/mol. The van der Waals surface area contributed by atoms with E-state index < -0.39 is 5.97 Å². The molecule has 2 saturated heterocycles. The first-order valence-electron chi connectivity index (χ1n) is 7.54. The lowest BCUT2D eigenvalue weighted by molar-refractivity contribution is 0.0602. The highest BCUT2D eigenvalue weighted by Gasteiger charge is 2.35. The Hall–Kier alpha value is -1.82. The summed E-state index contributed by atoms with van der Waals surface area (Å²) in [5, 5.41) is 3.44. The van der Waals surface area contributed by atoms with Crippen molar-refractivity contribution in [2.24, 2.45) is 0 Å². The zero-order chi connectivity index (χ0) is 14.8. The third-order valence-corrected chi connectivity index (χ3v) is 4.57. The molecule has 2 unspecified atom stereocenters. The molecule has 0 aliphatic carbocycles. The minimum absolute atomic E-state index is 0.355. The van der Waals surface area contributed by atoms with Crippen molar-refractivity contribution in [1.29, 1.82) is 0 Å². The highest BCUT2D eigenvalue weighted by molar-refractivity contribution is 5.97. The molecule has 0 aromatic carbocycles. The van der Waals surface area contributed by atoms with Crippen molar-refractivity contribution in [1.82, 2.24) is 9.88 Å². The van der Waals surface area contributed by atoms with Gasteiger partial charge in [-0.1, -0.05) is 6.42 Å². The number of nitrogens with zero attached hydrogens (tertiary/aromatic N) is 2. The largest absolute Gasteiger partial charge is 0.465 e. The molecule has 0 bridgehead atoms. The third kappa shape index (κ3) is 2.68. The zero-order valence-corrected chi connectivity index (χ0v) is 12.3. The smallest absolute Gasteiger partial charge is 0.340 e. The van der Waals surface area contributed by atoms with E-state index >= 15 is 0 Å². The number of fused-ring (bicyclic) bond motifs is 1. The Bertz CT molecular complexity index is 534. The number of hydrogen-bond acceptors (Lipinski definition) is 6. The van der Waals surface area contributed by atoms with Crippen molar-refractivity contribution in [2.45, 2.75) is 37.8 Å². The number of methoxy groups -OCH3 is 1. The topological polar surface area (TPSA) is 80.5 Å². The van der Waals surface area contributed by atoms with Crippen molar-refractivity contribution >= 4 is 17.5 Å². The summed E-state index contributed by atoms with van der Waals surface area (Å²) < 4.78 is 4.75. The van der Waals surface area contributed by atoms with Crippen LogP contribution >= 0.6 is 0 Å². The van der Waals surface area contributed by atoms with Gasteiger partial charge in [0.2, 0.25) is 0 Å². The zero-order valence-electron chi connectivity index (χ0n) is 12.3. The average molecular weight is 290 g/mol. The second-order valence-electron chi connectivity index (χ2n) is 5.75. The maximum absolute atomic E-state index is 11.7. The summed E-state index contributed by atoms with van der Waals surface area (Å²) in [6.07, 6.45) is 6.48. The second-order valence-corrected chi connectivity index (χ2v) is 5.75. The number of aromatic nitrogens is 1. The van der Waals surface area contributed by atoms with Gasteiger partial charge in [0.05, 0.1) is 18.4 Å². The molecule has 2 atom stereocenters. The number of pyridine rings is 1. The van der Waals surface area contributed by atoms with Crippen molar-refractivity contribution in [2.75, 3.05) is 31.2 Å². The summed E-state index contributed by atoms with van der Waals surface area (Å²) >= 11 is 0. The second kappa shape index (κ2) is 5.89. The van der Waals surface area contributed by atoms with E-state index in [0.717, 1.165) is 13.0 Å². The average Bonchev–Trinajstić information content (AvgIpc) is 2.92. The number of esters is 1. The summed E-state index contributed by atoms with van der Waals surface area (Å²) in [5.41, 5.74) is 6.81. The molecule has 21 heavy (non-hydrogen) atoms. The number of nitrogens with one attached hydrogen (secondary N) is 1. The van der Waals surface area contributed by atoms with Crippen LogP contribution in [0.2, 0.25) is 0 Å². The fraction of sp³-hybridized carbons (Fsp3) is 0.600. The van der Waals surface area contributed by atoms with E-state index in [0.29, 0.717) is 29.2 Å². The van der Waals surface area contributed by atoms with Crippen LogP contribution < -0.4 is 11.1 Å². The molecule has 2 fully saturated rings. The Labute approximate surface area is 124 Å². The van der Waals surface area contributed by atoms with Gasteiger partial charge in [-0.05, 0) is 31.9 Å². The summed E-state index contributed by atoms with van der Waals surface area (Å²) in [5.74, 6) is 0.166. The quantitative estimate of drug-likeness (QED) is 0.821. The van der Waals surface area contributed by atoms with Gasteiger partial charge in [-0.2, -0.15) is 0 Å². The number of piperidine rings is 1. The standard InChI is InChI=1S/C15H22N4O2/c1-21-15(20)10-5-7-17-14(13(10)16)18-11-6-9-19-8-3-2-4-12(11)19/h5,7,11-12H,2-4,6,8-9,16H2,1H3,(H,17,18). The maximum atomic E-state index is 11.7. The van der Waals surface area contributed by atoms with Gasteiger partial charge in [-0.15, -0.1) is 0 Å². The van der Waals surface area contributed by atoms with Crippen molar-refractivity contribution in [3.8, 4) is 0 Å². The molecule has 3 heterocycles. The van der Waals surface area contributed by atoms with Crippen LogP contribution in [0.4, 0.5) is 11.5 Å². The molecule has 6 nitrogen and oxygen atoms in total. The first-order chi connectivity index (χ1) is 10.2. The molecule has 1 aromatic heterocycles. The van der Waals surface area contributed by atoms with E-state index in [1.165, 1.54) is 32.9 Å². The van der Waals surface area contributed by atoms with Gasteiger partial charge in [-0.25, -0.2) is 9.78 Å². The van der Waals surface area contributed by atoms with E-state index in [-0.39, 0.29) is 0 Å². The van der Waals surface area contributed by atoms with Gasteiger partial charge in [0, 0.05) is 24.8 Å². The molecule has 3 rings (SSSR count).